The summed E-state index contributed by atoms with van der Waals surface area (Å²) >= 11 is 3.26. The van der Waals surface area contributed by atoms with Gasteiger partial charge in [0.2, 0.25) is 8.32 Å². The Hall–Kier alpha value is 0.0669. The van der Waals surface area contributed by atoms with Crippen molar-refractivity contribution in [2.24, 2.45) is 0 Å². The minimum Gasteiger partial charge on any atom is -0.412 e. The summed E-state index contributed by atoms with van der Waals surface area (Å²) in [7, 11) is -1.89. The molecule has 0 aromatic heterocycles. The molecule has 0 bridgehead atoms. The fraction of sp³-hybridized carbons (Fsp3) is 0.812. The van der Waals surface area contributed by atoms with Crippen LogP contribution in [0.25, 0.3) is 0 Å². The molecule has 0 unspecified atom stereocenters. The highest BCUT2D eigenvalue weighted by Crippen LogP contribution is 2.42. The SMILES string of the molecule is CC/C=C(\CO[Si](C(C)C)(C(C)C)C(C)C)C(=O)CBr. The van der Waals surface area contributed by atoms with E-state index in [-0.39, 0.29) is 5.78 Å². The average molecular weight is 363 g/mol. The molecule has 0 amide bonds. The van der Waals surface area contributed by atoms with Crippen molar-refractivity contribution >= 4 is 30.0 Å². The molecule has 0 fully saturated rings. The van der Waals surface area contributed by atoms with Gasteiger partial charge in [0.1, 0.15) is 0 Å². The summed E-state index contributed by atoms with van der Waals surface area (Å²) in [6.07, 6.45) is 2.88. The topological polar surface area (TPSA) is 26.3 Å². The predicted molar refractivity (Wildman–Crippen MR) is 94.2 cm³/mol. The molecule has 4 heteroatoms. The quantitative estimate of drug-likeness (QED) is 0.308. The number of halogens is 1. The lowest BCUT2D eigenvalue weighted by molar-refractivity contribution is -0.113. The van der Waals surface area contributed by atoms with Gasteiger partial charge in [0.25, 0.3) is 0 Å². The smallest absolute Gasteiger partial charge is 0.200 e. The number of Topliss-reactive ketones (excluding diaryl/α,β-unsaturated/α-hetero) is 1. The van der Waals surface area contributed by atoms with E-state index in [2.05, 4.69) is 64.4 Å². The minimum absolute atomic E-state index is 0.144. The summed E-state index contributed by atoms with van der Waals surface area (Å²) in [4.78, 5) is 11.9. The molecule has 0 aromatic rings. The maximum atomic E-state index is 11.9. The average Bonchev–Trinajstić information content (AvgIpc) is 2.35. The van der Waals surface area contributed by atoms with Crippen LogP contribution in [0.4, 0.5) is 0 Å². The van der Waals surface area contributed by atoms with Crippen LogP contribution in [0.15, 0.2) is 11.6 Å². The Morgan fingerprint density at radius 2 is 1.55 bits per heavy atom. The largest absolute Gasteiger partial charge is 0.412 e. The highest BCUT2D eigenvalue weighted by Gasteiger charge is 2.45. The molecule has 0 N–H and O–H groups in total. The molecule has 2 nitrogen and oxygen atoms in total. The van der Waals surface area contributed by atoms with Crippen LogP contribution in [0.2, 0.25) is 16.6 Å². The molecule has 0 rings (SSSR count). The Labute approximate surface area is 134 Å². The lowest BCUT2D eigenvalue weighted by Gasteiger charge is -2.42. The second kappa shape index (κ2) is 9.16. The van der Waals surface area contributed by atoms with Crippen LogP contribution < -0.4 is 0 Å². The first-order valence-corrected chi connectivity index (χ1v) is 10.9. The Kier molecular flexibility index (Phi) is 9.19. The molecule has 0 aromatic carbocycles. The van der Waals surface area contributed by atoms with Crippen LogP contribution in [0.3, 0.4) is 0 Å². The van der Waals surface area contributed by atoms with E-state index in [9.17, 15) is 4.79 Å². The second-order valence-corrected chi connectivity index (χ2v) is 12.3. The number of alkyl halides is 1. The van der Waals surface area contributed by atoms with Crippen molar-refractivity contribution in [2.45, 2.75) is 71.5 Å². The molecule has 0 saturated heterocycles. The van der Waals surface area contributed by atoms with Gasteiger partial charge >= 0.3 is 0 Å². The van der Waals surface area contributed by atoms with Gasteiger partial charge < -0.3 is 4.43 Å². The van der Waals surface area contributed by atoms with Crippen molar-refractivity contribution in [1.82, 2.24) is 0 Å². The number of carbonyl (C=O) groups is 1. The van der Waals surface area contributed by atoms with E-state index in [1.807, 2.05) is 6.08 Å². The number of hydrogen-bond acceptors (Lipinski definition) is 2. The van der Waals surface area contributed by atoms with Gasteiger partial charge in [-0.15, -0.1) is 0 Å². The number of hydrogen-bond donors (Lipinski definition) is 0. The van der Waals surface area contributed by atoms with Gasteiger partial charge in [-0.25, -0.2) is 0 Å². The lowest BCUT2D eigenvalue weighted by atomic mass is 10.2. The fourth-order valence-electron chi connectivity index (χ4n) is 3.29. The number of rotatable bonds is 9. The van der Waals surface area contributed by atoms with Crippen molar-refractivity contribution in [3.8, 4) is 0 Å². The molecule has 20 heavy (non-hydrogen) atoms. The van der Waals surface area contributed by atoms with Gasteiger partial charge in [0.05, 0.1) is 11.9 Å². The number of carbonyl (C=O) groups excluding carboxylic acids is 1. The van der Waals surface area contributed by atoms with Crippen LogP contribution in [0.1, 0.15) is 54.9 Å². The first-order chi connectivity index (χ1) is 9.23. The molecule has 0 radical (unpaired) electrons. The van der Waals surface area contributed by atoms with Crippen molar-refractivity contribution in [1.29, 1.82) is 0 Å². The molecule has 0 heterocycles. The molecule has 0 aliphatic heterocycles. The zero-order valence-corrected chi connectivity index (χ0v) is 16.7. The molecular weight excluding hydrogens is 332 g/mol. The molecule has 0 aliphatic carbocycles. The van der Waals surface area contributed by atoms with Gasteiger partial charge in [-0.3, -0.25) is 4.79 Å². The second-order valence-electron chi connectivity index (χ2n) is 6.30. The summed E-state index contributed by atoms with van der Waals surface area (Å²) in [6, 6.07) is 0. The number of ketones is 1. The third kappa shape index (κ3) is 4.81. The van der Waals surface area contributed by atoms with Crippen LogP contribution >= 0.6 is 15.9 Å². The van der Waals surface area contributed by atoms with Gasteiger partial charge in [-0.2, -0.15) is 0 Å². The van der Waals surface area contributed by atoms with Gasteiger partial charge in [-0.1, -0.05) is 70.5 Å². The maximum absolute atomic E-state index is 11.9. The van der Waals surface area contributed by atoms with E-state index in [0.29, 0.717) is 28.6 Å². The Balaban J connectivity index is 5.19. The third-order valence-electron chi connectivity index (χ3n) is 4.11. The predicted octanol–water partition coefficient (Wildman–Crippen LogP) is 5.48. The Bertz CT molecular complexity index is 314. The van der Waals surface area contributed by atoms with E-state index in [1.54, 1.807) is 0 Å². The van der Waals surface area contributed by atoms with Crippen LogP contribution in [0.5, 0.6) is 0 Å². The van der Waals surface area contributed by atoms with Crippen molar-refractivity contribution in [2.75, 3.05) is 11.9 Å². The van der Waals surface area contributed by atoms with E-state index in [0.717, 1.165) is 12.0 Å². The summed E-state index contributed by atoms with van der Waals surface area (Å²) < 4.78 is 6.48. The zero-order valence-electron chi connectivity index (χ0n) is 14.1. The van der Waals surface area contributed by atoms with Crippen LogP contribution in [0, 0.1) is 0 Å². The van der Waals surface area contributed by atoms with Crippen LogP contribution in [-0.4, -0.2) is 26.0 Å². The summed E-state index contributed by atoms with van der Waals surface area (Å²) in [6.45, 7) is 16.1. The van der Waals surface area contributed by atoms with Crippen molar-refractivity contribution < 1.29 is 9.22 Å². The highest BCUT2D eigenvalue weighted by atomic mass is 79.9. The molecule has 0 atom stereocenters. The normalized spacial score (nSPS) is 13.7. The Morgan fingerprint density at radius 1 is 1.10 bits per heavy atom. The summed E-state index contributed by atoms with van der Waals surface area (Å²) in [5.74, 6) is 0.144. The van der Waals surface area contributed by atoms with Crippen molar-refractivity contribution in [3.63, 3.8) is 0 Å². The maximum Gasteiger partial charge on any atom is 0.200 e. The highest BCUT2D eigenvalue weighted by molar-refractivity contribution is 9.09. The van der Waals surface area contributed by atoms with Crippen molar-refractivity contribution in [3.05, 3.63) is 11.6 Å². The first-order valence-electron chi connectivity index (χ1n) is 7.66. The van der Waals surface area contributed by atoms with Gasteiger partial charge in [-0.05, 0) is 23.0 Å². The summed E-state index contributed by atoms with van der Waals surface area (Å²) in [5.41, 5.74) is 2.46. The van der Waals surface area contributed by atoms with E-state index < -0.39 is 8.32 Å². The standard InChI is InChI=1S/C16H31BrO2Si/c1-8-9-15(16(18)10-17)11-19-20(12(2)3,13(4)5)14(6)7/h9,12-14H,8,10-11H2,1-7H3/b15-9+. The Morgan fingerprint density at radius 3 is 1.85 bits per heavy atom. The molecule has 0 spiro atoms. The van der Waals surface area contributed by atoms with Gasteiger partial charge in [0, 0.05) is 5.57 Å². The molecule has 0 aliphatic rings. The fourth-order valence-corrected chi connectivity index (χ4v) is 9.05. The molecule has 118 valence electrons. The van der Waals surface area contributed by atoms with E-state index in [4.69, 9.17) is 4.43 Å². The minimum atomic E-state index is -1.89. The summed E-state index contributed by atoms with van der Waals surface area (Å²) in [5, 5.41) is 0.377. The molecule has 0 saturated carbocycles. The zero-order chi connectivity index (χ0) is 15.9. The monoisotopic (exact) mass is 362 g/mol. The number of allylic oxidation sites excluding steroid dienone is 1. The first kappa shape index (κ1) is 20.1. The van der Waals surface area contributed by atoms with Crippen LogP contribution in [-0.2, 0) is 9.22 Å². The molecular formula is C16H31BrO2Si. The van der Waals surface area contributed by atoms with Gasteiger partial charge in [0.15, 0.2) is 5.78 Å². The lowest BCUT2D eigenvalue weighted by Crippen LogP contribution is -2.48. The van der Waals surface area contributed by atoms with E-state index in [1.165, 1.54) is 0 Å². The third-order valence-corrected chi connectivity index (χ3v) is 10.7. The van der Waals surface area contributed by atoms with E-state index >= 15 is 0 Å².